The molecule has 0 amide bonds. The Balaban J connectivity index is 3.31. The molecule has 0 fully saturated rings. The normalized spacial score (nSPS) is 12.8. The van der Waals surface area contributed by atoms with Gasteiger partial charge in [-0.25, -0.2) is 4.79 Å². The molecule has 0 radical (unpaired) electrons. The zero-order chi connectivity index (χ0) is 15.8. The Morgan fingerprint density at radius 1 is 1.38 bits per heavy atom. The maximum Gasteiger partial charge on any atom is 0.338 e. The van der Waals surface area contributed by atoms with Gasteiger partial charge in [0.2, 0.25) is 0 Å². The molecule has 4 heteroatoms. The fourth-order valence-electron chi connectivity index (χ4n) is 1.77. The molecule has 1 rings (SSSR count). The summed E-state index contributed by atoms with van der Waals surface area (Å²) in [6, 6.07) is 5.10. The average molecular weight is 306 g/mol. The van der Waals surface area contributed by atoms with E-state index in [1.165, 1.54) is 0 Å². The topological polar surface area (TPSA) is 52.3 Å². The van der Waals surface area contributed by atoms with E-state index < -0.39 is 0 Å². The second kappa shape index (κ2) is 8.32. The first-order valence-electron chi connectivity index (χ1n) is 6.73. The quantitative estimate of drug-likeness (QED) is 0.493. The third-order valence-corrected chi connectivity index (χ3v) is 2.84. The summed E-state index contributed by atoms with van der Waals surface area (Å²) in [6.07, 6.45) is 7.47. The minimum Gasteiger partial charge on any atom is -0.462 e. The van der Waals surface area contributed by atoms with Crippen molar-refractivity contribution in [2.45, 2.75) is 20.8 Å². The first kappa shape index (κ1) is 17.1. The van der Waals surface area contributed by atoms with Crippen molar-refractivity contribution in [2.24, 2.45) is 0 Å². The predicted octanol–water partition coefficient (Wildman–Crippen LogP) is 4.55. The van der Waals surface area contributed by atoms with Gasteiger partial charge in [0.05, 0.1) is 12.2 Å². The van der Waals surface area contributed by atoms with Crippen molar-refractivity contribution in [3.63, 3.8) is 0 Å². The van der Waals surface area contributed by atoms with Crippen molar-refractivity contribution in [3.8, 4) is 0 Å². The molecular formula is C17H20ClNO2. The number of nitrogen functional groups attached to an aromatic ring is 1. The molecule has 0 unspecified atom stereocenters. The van der Waals surface area contributed by atoms with Gasteiger partial charge < -0.3 is 10.5 Å². The number of hydrogen-bond acceptors (Lipinski definition) is 3. The lowest BCUT2D eigenvalue weighted by Crippen LogP contribution is -2.06. The maximum absolute atomic E-state index is 11.8. The minimum absolute atomic E-state index is 0.338. The summed E-state index contributed by atoms with van der Waals surface area (Å²) in [4.78, 5) is 11.8. The lowest BCUT2D eigenvalue weighted by atomic mass is 10.00. The van der Waals surface area contributed by atoms with Crippen LogP contribution in [0.2, 0.25) is 0 Å². The second-order valence-corrected chi connectivity index (χ2v) is 4.99. The van der Waals surface area contributed by atoms with Gasteiger partial charge in [-0.05, 0) is 50.6 Å². The second-order valence-electron chi connectivity index (χ2n) is 4.40. The highest BCUT2D eigenvalue weighted by molar-refractivity contribution is 6.29. The van der Waals surface area contributed by atoms with Crippen LogP contribution in [-0.4, -0.2) is 12.6 Å². The number of ether oxygens (including phenoxy) is 1. The zero-order valence-corrected chi connectivity index (χ0v) is 13.3. The van der Waals surface area contributed by atoms with E-state index in [4.69, 9.17) is 22.1 Å². The van der Waals surface area contributed by atoms with Gasteiger partial charge in [0, 0.05) is 16.3 Å². The summed E-state index contributed by atoms with van der Waals surface area (Å²) in [5.74, 6) is -0.359. The summed E-state index contributed by atoms with van der Waals surface area (Å²) in [6.45, 7) is 5.82. The van der Waals surface area contributed by atoms with Crippen LogP contribution in [0.15, 0.2) is 47.5 Å². The van der Waals surface area contributed by atoms with Crippen molar-refractivity contribution in [1.29, 1.82) is 0 Å². The third kappa shape index (κ3) is 5.12. The van der Waals surface area contributed by atoms with E-state index >= 15 is 0 Å². The smallest absolute Gasteiger partial charge is 0.338 e. The van der Waals surface area contributed by atoms with Crippen molar-refractivity contribution < 1.29 is 9.53 Å². The molecule has 1 aromatic carbocycles. The Kier molecular flexibility index (Phi) is 6.76. The summed E-state index contributed by atoms with van der Waals surface area (Å²) in [7, 11) is 0. The molecule has 0 aliphatic heterocycles. The van der Waals surface area contributed by atoms with Crippen LogP contribution >= 0.6 is 11.6 Å². The standard InChI is InChI=1S/C17H20ClNO2/c1-4-6-13(8-7-12(3)18)15-11-14(9-10-16(15)19)17(20)21-5-2/h4,6-11H,5,19H2,1-3H3/b6-4-,12-7+,13-8+. The number of allylic oxidation sites excluding steroid dienone is 6. The molecule has 0 aliphatic rings. The molecule has 0 atom stereocenters. The highest BCUT2D eigenvalue weighted by atomic mass is 35.5. The molecule has 3 nitrogen and oxygen atoms in total. The summed E-state index contributed by atoms with van der Waals surface area (Å²) in [5.41, 5.74) is 8.73. The van der Waals surface area contributed by atoms with E-state index in [0.29, 0.717) is 22.9 Å². The largest absolute Gasteiger partial charge is 0.462 e. The number of rotatable bonds is 5. The van der Waals surface area contributed by atoms with Crippen molar-refractivity contribution in [3.05, 3.63) is 58.7 Å². The Hall–Kier alpha value is -2.00. The van der Waals surface area contributed by atoms with E-state index in [-0.39, 0.29) is 5.97 Å². The molecule has 0 aromatic heterocycles. The maximum atomic E-state index is 11.8. The van der Waals surface area contributed by atoms with E-state index in [2.05, 4.69) is 0 Å². The molecule has 21 heavy (non-hydrogen) atoms. The number of anilines is 1. The lowest BCUT2D eigenvalue weighted by molar-refractivity contribution is 0.0526. The van der Waals surface area contributed by atoms with Crippen LogP contribution in [0.5, 0.6) is 0 Å². The van der Waals surface area contributed by atoms with E-state index in [1.807, 2.05) is 25.2 Å². The van der Waals surface area contributed by atoms with Gasteiger partial charge in [0.1, 0.15) is 0 Å². The monoisotopic (exact) mass is 305 g/mol. The first-order valence-corrected chi connectivity index (χ1v) is 7.11. The van der Waals surface area contributed by atoms with E-state index in [9.17, 15) is 4.79 Å². The average Bonchev–Trinajstić information content (AvgIpc) is 2.44. The van der Waals surface area contributed by atoms with Crippen LogP contribution in [0.25, 0.3) is 5.57 Å². The number of carbonyl (C=O) groups excluding carboxylic acids is 1. The van der Waals surface area contributed by atoms with E-state index in [1.54, 1.807) is 38.1 Å². The molecular weight excluding hydrogens is 286 g/mol. The van der Waals surface area contributed by atoms with Gasteiger partial charge in [-0.2, -0.15) is 0 Å². The van der Waals surface area contributed by atoms with Crippen LogP contribution in [0, 0.1) is 0 Å². The highest BCUT2D eigenvalue weighted by Gasteiger charge is 2.10. The third-order valence-electron chi connectivity index (χ3n) is 2.71. The Morgan fingerprint density at radius 2 is 2.10 bits per heavy atom. The number of halogens is 1. The molecule has 0 heterocycles. The van der Waals surface area contributed by atoms with Crippen LogP contribution in [0.3, 0.4) is 0 Å². The minimum atomic E-state index is -0.359. The number of esters is 1. The number of benzene rings is 1. The van der Waals surface area contributed by atoms with Gasteiger partial charge in [-0.15, -0.1) is 0 Å². The molecule has 0 bridgehead atoms. The first-order chi connectivity index (χ1) is 9.99. The van der Waals surface area contributed by atoms with Gasteiger partial charge in [0.15, 0.2) is 0 Å². The molecule has 2 N–H and O–H groups in total. The van der Waals surface area contributed by atoms with Gasteiger partial charge >= 0.3 is 5.97 Å². The van der Waals surface area contributed by atoms with Crippen molar-refractivity contribution in [2.75, 3.05) is 12.3 Å². The van der Waals surface area contributed by atoms with Gasteiger partial charge in [0.25, 0.3) is 0 Å². The molecule has 0 saturated heterocycles. The Bertz CT molecular complexity index is 597. The molecule has 0 saturated carbocycles. The Morgan fingerprint density at radius 3 is 2.67 bits per heavy atom. The van der Waals surface area contributed by atoms with Crippen LogP contribution < -0.4 is 5.73 Å². The van der Waals surface area contributed by atoms with Crippen LogP contribution in [-0.2, 0) is 4.74 Å². The van der Waals surface area contributed by atoms with E-state index in [0.717, 1.165) is 11.1 Å². The fourth-order valence-corrected chi connectivity index (χ4v) is 1.83. The molecule has 0 aliphatic carbocycles. The van der Waals surface area contributed by atoms with Gasteiger partial charge in [-0.1, -0.05) is 29.8 Å². The summed E-state index contributed by atoms with van der Waals surface area (Å²) in [5, 5.41) is 0.664. The number of nitrogens with two attached hydrogens (primary N) is 1. The number of hydrogen-bond donors (Lipinski definition) is 1. The summed E-state index contributed by atoms with van der Waals surface area (Å²) < 4.78 is 5.01. The summed E-state index contributed by atoms with van der Waals surface area (Å²) >= 11 is 5.86. The zero-order valence-electron chi connectivity index (χ0n) is 12.5. The predicted molar refractivity (Wildman–Crippen MR) is 89.2 cm³/mol. The highest BCUT2D eigenvalue weighted by Crippen LogP contribution is 2.25. The Labute approximate surface area is 130 Å². The molecule has 0 spiro atoms. The van der Waals surface area contributed by atoms with Gasteiger partial charge in [-0.3, -0.25) is 0 Å². The SMILES string of the molecule is C\C=C/C(=C\C=C(/C)Cl)c1cc(C(=O)OCC)ccc1N. The fraction of sp³-hybridized carbons (Fsp3) is 0.235. The molecule has 112 valence electrons. The number of carbonyl (C=O) groups is 1. The van der Waals surface area contributed by atoms with Crippen LogP contribution in [0.1, 0.15) is 36.7 Å². The van der Waals surface area contributed by atoms with Crippen LogP contribution in [0.4, 0.5) is 5.69 Å². The van der Waals surface area contributed by atoms with Crippen molar-refractivity contribution >= 4 is 28.8 Å². The lowest BCUT2D eigenvalue weighted by Gasteiger charge is -2.09. The molecule has 1 aromatic rings. The van der Waals surface area contributed by atoms with Crippen molar-refractivity contribution in [1.82, 2.24) is 0 Å².